The van der Waals surface area contributed by atoms with Gasteiger partial charge in [-0.1, -0.05) is 17.7 Å². The van der Waals surface area contributed by atoms with Crippen molar-refractivity contribution in [3.63, 3.8) is 0 Å². The maximum absolute atomic E-state index is 13.2. The van der Waals surface area contributed by atoms with Crippen molar-refractivity contribution in [2.75, 3.05) is 25.1 Å². The molecule has 0 fully saturated rings. The average molecular weight is 382 g/mol. The number of sulfonamides is 1. The van der Waals surface area contributed by atoms with Crippen LogP contribution in [0.15, 0.2) is 53.9 Å². The molecule has 0 heterocycles. The molecule has 0 unspecified atom stereocenters. The van der Waals surface area contributed by atoms with Crippen molar-refractivity contribution in [3.05, 3.63) is 59.6 Å². The lowest BCUT2D eigenvalue weighted by Gasteiger charge is -2.25. The van der Waals surface area contributed by atoms with Crippen LogP contribution < -0.4 is 13.8 Å². The third-order valence-corrected chi connectivity index (χ3v) is 5.67. The highest BCUT2D eigenvalue weighted by Gasteiger charge is 2.27. The quantitative estimate of drug-likeness (QED) is 0.679. The summed E-state index contributed by atoms with van der Waals surface area (Å²) in [5, 5.41) is 0.408. The van der Waals surface area contributed by atoms with Gasteiger partial charge in [0.2, 0.25) is 0 Å². The summed E-state index contributed by atoms with van der Waals surface area (Å²) in [6, 6.07) is 9.53. The smallest absolute Gasteiger partial charge is 0.264 e. The molecule has 0 atom stereocenters. The van der Waals surface area contributed by atoms with Crippen molar-refractivity contribution in [3.8, 4) is 11.5 Å². The third kappa shape index (κ3) is 3.91. The molecule has 2 aromatic carbocycles. The van der Waals surface area contributed by atoms with Crippen molar-refractivity contribution >= 4 is 27.3 Å². The summed E-state index contributed by atoms with van der Waals surface area (Å²) < 4.78 is 38.1. The number of hydrogen-bond acceptors (Lipinski definition) is 4. The normalized spacial score (nSPS) is 11.0. The Hall–Kier alpha value is -2.18. The van der Waals surface area contributed by atoms with Crippen LogP contribution in [0.1, 0.15) is 5.56 Å². The fraction of sp³-hybridized carbons (Fsp3) is 0.222. The maximum atomic E-state index is 13.2. The van der Waals surface area contributed by atoms with Gasteiger partial charge >= 0.3 is 0 Å². The van der Waals surface area contributed by atoms with E-state index in [-0.39, 0.29) is 11.4 Å². The Bertz CT molecular complexity index is 881. The summed E-state index contributed by atoms with van der Waals surface area (Å²) in [5.41, 5.74) is 1.07. The molecule has 25 heavy (non-hydrogen) atoms. The van der Waals surface area contributed by atoms with Crippen LogP contribution in [-0.2, 0) is 10.0 Å². The van der Waals surface area contributed by atoms with Gasteiger partial charge in [0.1, 0.15) is 11.5 Å². The van der Waals surface area contributed by atoms with Gasteiger partial charge in [0, 0.05) is 5.02 Å². The van der Waals surface area contributed by atoms with Crippen LogP contribution in [0, 0.1) is 6.92 Å². The molecule has 0 amide bonds. The number of hydrogen-bond donors (Lipinski definition) is 0. The zero-order chi connectivity index (χ0) is 18.6. The highest BCUT2D eigenvalue weighted by atomic mass is 35.5. The van der Waals surface area contributed by atoms with Crippen molar-refractivity contribution in [2.24, 2.45) is 0 Å². The molecule has 0 saturated heterocycles. The topological polar surface area (TPSA) is 55.8 Å². The molecule has 0 aromatic heterocycles. The first-order valence-corrected chi connectivity index (χ1v) is 9.28. The second kappa shape index (κ2) is 7.80. The predicted octanol–water partition coefficient (Wildman–Crippen LogP) is 4.05. The van der Waals surface area contributed by atoms with E-state index in [2.05, 4.69) is 6.58 Å². The molecule has 7 heteroatoms. The summed E-state index contributed by atoms with van der Waals surface area (Å²) >= 11 is 6.06. The fourth-order valence-corrected chi connectivity index (χ4v) is 4.13. The fourth-order valence-electron chi connectivity index (χ4n) is 2.44. The molecule has 134 valence electrons. The lowest BCUT2D eigenvalue weighted by Crippen LogP contribution is -2.31. The second-order valence-electron chi connectivity index (χ2n) is 5.27. The Morgan fingerprint density at radius 3 is 2.32 bits per heavy atom. The average Bonchev–Trinajstić information content (AvgIpc) is 2.59. The minimum atomic E-state index is -3.85. The molecule has 0 aliphatic rings. The highest BCUT2D eigenvalue weighted by molar-refractivity contribution is 7.92. The van der Waals surface area contributed by atoms with Crippen LogP contribution >= 0.6 is 11.6 Å². The van der Waals surface area contributed by atoms with Crippen LogP contribution in [0.4, 0.5) is 5.69 Å². The Kier molecular flexibility index (Phi) is 5.98. The molecule has 5 nitrogen and oxygen atoms in total. The van der Waals surface area contributed by atoms with E-state index in [4.69, 9.17) is 21.1 Å². The predicted molar refractivity (Wildman–Crippen MR) is 100 cm³/mol. The van der Waals surface area contributed by atoms with Gasteiger partial charge in [0.05, 0.1) is 31.3 Å². The maximum Gasteiger partial charge on any atom is 0.264 e. The number of aryl methyl sites for hydroxylation is 1. The van der Waals surface area contributed by atoms with Gasteiger partial charge in [-0.15, -0.1) is 6.58 Å². The highest BCUT2D eigenvalue weighted by Crippen LogP contribution is 2.35. The molecule has 0 bridgehead atoms. The van der Waals surface area contributed by atoms with Crippen molar-refractivity contribution in [2.45, 2.75) is 11.8 Å². The van der Waals surface area contributed by atoms with Gasteiger partial charge in [-0.25, -0.2) is 8.42 Å². The summed E-state index contributed by atoms with van der Waals surface area (Å²) in [6.07, 6.45) is 1.51. The summed E-state index contributed by atoms with van der Waals surface area (Å²) in [7, 11) is -0.831. The standard InChI is InChI=1S/C18H20ClNO4S/c1-5-10-20(16-12-14(19)6-8-18(16)24-4)25(21,22)15-7-9-17(23-3)13(2)11-15/h5-9,11-12H,1,10H2,2-4H3. The van der Waals surface area contributed by atoms with Crippen molar-refractivity contribution in [1.82, 2.24) is 0 Å². The molecule has 0 aliphatic heterocycles. The Morgan fingerprint density at radius 2 is 1.76 bits per heavy atom. The molecular weight excluding hydrogens is 362 g/mol. The first-order valence-electron chi connectivity index (χ1n) is 7.47. The molecule has 0 spiro atoms. The van der Waals surface area contributed by atoms with E-state index >= 15 is 0 Å². The van der Waals surface area contributed by atoms with Gasteiger partial charge in [-0.2, -0.15) is 0 Å². The van der Waals surface area contributed by atoms with Crippen LogP contribution in [0.2, 0.25) is 5.02 Å². The number of benzene rings is 2. The SMILES string of the molecule is C=CCN(c1cc(Cl)ccc1OC)S(=O)(=O)c1ccc(OC)c(C)c1. The Balaban J connectivity index is 2.61. The number of anilines is 1. The molecule has 0 N–H and O–H groups in total. The van der Waals surface area contributed by atoms with E-state index in [1.165, 1.54) is 30.7 Å². The minimum absolute atomic E-state index is 0.0735. The van der Waals surface area contributed by atoms with Gasteiger partial charge < -0.3 is 9.47 Å². The van der Waals surface area contributed by atoms with Gasteiger partial charge in [0.15, 0.2) is 0 Å². The Labute approximate surface area is 153 Å². The van der Waals surface area contributed by atoms with E-state index < -0.39 is 10.0 Å². The lowest BCUT2D eigenvalue weighted by atomic mass is 10.2. The number of methoxy groups -OCH3 is 2. The zero-order valence-corrected chi connectivity index (χ0v) is 15.9. The number of halogens is 1. The van der Waals surface area contributed by atoms with E-state index in [0.717, 1.165) is 5.56 Å². The van der Waals surface area contributed by atoms with E-state index in [9.17, 15) is 8.42 Å². The molecular formula is C18H20ClNO4S. The van der Waals surface area contributed by atoms with E-state index in [0.29, 0.717) is 22.2 Å². The molecule has 0 aliphatic carbocycles. The van der Waals surface area contributed by atoms with Crippen LogP contribution in [-0.4, -0.2) is 29.2 Å². The Morgan fingerprint density at radius 1 is 1.12 bits per heavy atom. The summed E-state index contributed by atoms with van der Waals surface area (Å²) in [6.45, 7) is 5.52. The molecule has 2 rings (SSSR count). The second-order valence-corrected chi connectivity index (χ2v) is 7.57. The first kappa shape index (κ1) is 19.1. The largest absolute Gasteiger partial charge is 0.496 e. The van der Waals surface area contributed by atoms with Gasteiger partial charge in [-0.3, -0.25) is 4.31 Å². The van der Waals surface area contributed by atoms with Crippen LogP contribution in [0.5, 0.6) is 11.5 Å². The monoisotopic (exact) mass is 381 g/mol. The zero-order valence-electron chi connectivity index (χ0n) is 14.3. The van der Waals surface area contributed by atoms with Crippen molar-refractivity contribution < 1.29 is 17.9 Å². The third-order valence-electron chi connectivity index (χ3n) is 3.66. The van der Waals surface area contributed by atoms with Crippen LogP contribution in [0.3, 0.4) is 0 Å². The van der Waals surface area contributed by atoms with Gasteiger partial charge in [0.25, 0.3) is 10.0 Å². The van der Waals surface area contributed by atoms with Crippen molar-refractivity contribution in [1.29, 1.82) is 0 Å². The lowest BCUT2D eigenvalue weighted by molar-refractivity contribution is 0.411. The first-order chi connectivity index (χ1) is 11.8. The number of ether oxygens (including phenoxy) is 2. The minimum Gasteiger partial charge on any atom is -0.496 e. The molecule has 0 saturated carbocycles. The molecule has 0 radical (unpaired) electrons. The van der Waals surface area contributed by atoms with Gasteiger partial charge in [-0.05, 0) is 48.9 Å². The number of rotatable bonds is 7. The van der Waals surface area contributed by atoms with Crippen LogP contribution in [0.25, 0.3) is 0 Å². The number of nitrogens with zero attached hydrogens (tertiary/aromatic N) is 1. The summed E-state index contributed by atoms with van der Waals surface area (Å²) in [5.74, 6) is 1.02. The van der Waals surface area contributed by atoms with E-state index in [1.807, 2.05) is 0 Å². The van der Waals surface area contributed by atoms with E-state index in [1.54, 1.807) is 37.3 Å². The molecule has 2 aromatic rings. The summed E-state index contributed by atoms with van der Waals surface area (Å²) in [4.78, 5) is 0.148.